The minimum absolute atomic E-state index is 0.00739. The van der Waals surface area contributed by atoms with Crippen LogP contribution in [0.25, 0.3) is 0 Å². The maximum atomic E-state index is 12.5. The van der Waals surface area contributed by atoms with Crippen molar-refractivity contribution in [2.24, 2.45) is 0 Å². The van der Waals surface area contributed by atoms with Gasteiger partial charge in [0.25, 0.3) is 5.91 Å². The Morgan fingerprint density at radius 1 is 1.26 bits per heavy atom. The first-order chi connectivity index (χ1) is 13.2. The molecule has 2 aliphatic rings. The minimum atomic E-state index is -0.799. The summed E-state index contributed by atoms with van der Waals surface area (Å²) in [4.78, 5) is 14.9. The highest BCUT2D eigenvalue weighted by atomic mass is 16.5. The fourth-order valence-electron chi connectivity index (χ4n) is 3.51. The molecule has 0 unspecified atom stereocenters. The number of amides is 1. The van der Waals surface area contributed by atoms with Gasteiger partial charge in [-0.15, -0.1) is 0 Å². The van der Waals surface area contributed by atoms with Gasteiger partial charge in [0.15, 0.2) is 6.10 Å². The van der Waals surface area contributed by atoms with E-state index in [0.717, 1.165) is 57.0 Å². The van der Waals surface area contributed by atoms with E-state index in [4.69, 9.17) is 14.2 Å². The molecule has 3 atom stereocenters. The van der Waals surface area contributed by atoms with Crippen LogP contribution in [0, 0.1) is 0 Å². The lowest BCUT2D eigenvalue weighted by molar-refractivity contribution is -0.159. The number of nitrogens with zero attached hydrogens (tertiary/aromatic N) is 1. The Kier molecular flexibility index (Phi) is 7.46. The predicted molar refractivity (Wildman–Crippen MR) is 101 cm³/mol. The highest BCUT2D eigenvalue weighted by Crippen LogP contribution is 2.23. The number of benzene rings is 1. The number of hydrogen-bond acceptors (Lipinski definition) is 6. The van der Waals surface area contributed by atoms with E-state index in [2.05, 4.69) is 10.2 Å². The van der Waals surface area contributed by atoms with E-state index in [1.54, 1.807) is 7.11 Å². The van der Waals surface area contributed by atoms with Crippen LogP contribution in [0.3, 0.4) is 0 Å². The first kappa shape index (κ1) is 20.1. The number of ether oxygens (including phenoxy) is 3. The second kappa shape index (κ2) is 10.0. The lowest BCUT2D eigenvalue weighted by atomic mass is 9.98. The van der Waals surface area contributed by atoms with Crippen LogP contribution in [0.15, 0.2) is 24.3 Å². The van der Waals surface area contributed by atoms with Gasteiger partial charge in [-0.2, -0.15) is 0 Å². The van der Waals surface area contributed by atoms with E-state index in [-0.39, 0.29) is 12.0 Å². The Morgan fingerprint density at radius 3 is 2.70 bits per heavy atom. The summed E-state index contributed by atoms with van der Waals surface area (Å²) in [7, 11) is 1.62. The van der Waals surface area contributed by atoms with Gasteiger partial charge in [-0.25, -0.2) is 0 Å². The van der Waals surface area contributed by atoms with Crippen molar-refractivity contribution >= 4 is 5.91 Å². The maximum Gasteiger partial charge on any atom is 0.252 e. The molecule has 150 valence electrons. The van der Waals surface area contributed by atoms with Crippen molar-refractivity contribution in [3.63, 3.8) is 0 Å². The van der Waals surface area contributed by atoms with Crippen molar-refractivity contribution < 1.29 is 24.1 Å². The number of morpholine rings is 1. The summed E-state index contributed by atoms with van der Waals surface area (Å²) >= 11 is 0. The Balaban J connectivity index is 1.45. The summed E-state index contributed by atoms with van der Waals surface area (Å²) in [6.45, 7) is 4.78. The molecule has 0 bridgehead atoms. The van der Waals surface area contributed by atoms with Crippen LogP contribution in [-0.4, -0.2) is 74.2 Å². The Hall–Kier alpha value is -1.67. The Morgan fingerprint density at radius 2 is 2.00 bits per heavy atom. The topological polar surface area (TPSA) is 80.3 Å². The van der Waals surface area contributed by atoms with E-state index in [9.17, 15) is 9.90 Å². The Labute approximate surface area is 160 Å². The third-order valence-electron chi connectivity index (χ3n) is 5.23. The lowest BCUT2D eigenvalue weighted by Crippen LogP contribution is -2.49. The first-order valence-electron chi connectivity index (χ1n) is 9.70. The minimum Gasteiger partial charge on any atom is -0.497 e. The third kappa shape index (κ3) is 5.90. The largest absolute Gasteiger partial charge is 0.497 e. The van der Waals surface area contributed by atoms with Crippen LogP contribution < -0.4 is 10.1 Å². The monoisotopic (exact) mass is 378 g/mol. The molecule has 7 nitrogen and oxygen atoms in total. The molecule has 1 aromatic rings. The number of aliphatic hydroxyl groups excluding tert-OH is 1. The number of nitrogens with one attached hydrogen (secondary N) is 1. The van der Waals surface area contributed by atoms with Crippen molar-refractivity contribution in [3.05, 3.63) is 29.8 Å². The number of aliphatic hydroxyl groups is 1. The van der Waals surface area contributed by atoms with Gasteiger partial charge in [-0.3, -0.25) is 9.69 Å². The summed E-state index contributed by atoms with van der Waals surface area (Å²) in [6, 6.07) is 7.52. The molecule has 0 saturated carbocycles. The van der Waals surface area contributed by atoms with Crippen LogP contribution in [0.2, 0.25) is 0 Å². The molecule has 0 spiro atoms. The van der Waals surface area contributed by atoms with Crippen LogP contribution in [0.1, 0.15) is 24.8 Å². The molecule has 27 heavy (non-hydrogen) atoms. The quantitative estimate of drug-likeness (QED) is 0.735. The van der Waals surface area contributed by atoms with Crippen molar-refractivity contribution in [1.82, 2.24) is 10.2 Å². The van der Waals surface area contributed by atoms with E-state index >= 15 is 0 Å². The summed E-state index contributed by atoms with van der Waals surface area (Å²) in [5, 5.41) is 13.1. The number of rotatable bonds is 7. The molecule has 2 heterocycles. The smallest absolute Gasteiger partial charge is 0.252 e. The van der Waals surface area contributed by atoms with E-state index in [1.807, 2.05) is 24.3 Å². The first-order valence-corrected chi connectivity index (χ1v) is 9.70. The fourth-order valence-corrected chi connectivity index (χ4v) is 3.51. The average Bonchev–Trinajstić information content (AvgIpc) is 2.72. The van der Waals surface area contributed by atoms with E-state index < -0.39 is 12.2 Å². The van der Waals surface area contributed by atoms with Crippen molar-refractivity contribution in [3.8, 4) is 5.75 Å². The zero-order valence-corrected chi connectivity index (χ0v) is 15.9. The molecule has 2 N–H and O–H groups in total. The molecule has 0 aliphatic carbocycles. The molecule has 1 amide bonds. The number of methoxy groups -OCH3 is 1. The van der Waals surface area contributed by atoms with Gasteiger partial charge < -0.3 is 24.6 Å². The number of carbonyl (C=O) groups is 1. The van der Waals surface area contributed by atoms with Gasteiger partial charge in [0.2, 0.25) is 0 Å². The third-order valence-corrected chi connectivity index (χ3v) is 5.23. The Bertz CT molecular complexity index is 589. The van der Waals surface area contributed by atoms with Crippen molar-refractivity contribution in [2.75, 3.05) is 40.0 Å². The zero-order chi connectivity index (χ0) is 19.1. The molecular formula is C20H30N2O5. The number of hydrogen-bond donors (Lipinski definition) is 2. The van der Waals surface area contributed by atoms with Gasteiger partial charge in [0, 0.05) is 26.2 Å². The predicted octanol–water partition coefficient (Wildman–Crippen LogP) is 0.942. The molecule has 1 aromatic carbocycles. The second-order valence-electron chi connectivity index (χ2n) is 7.13. The number of carbonyl (C=O) groups excluding carboxylic acids is 1. The van der Waals surface area contributed by atoms with Gasteiger partial charge >= 0.3 is 0 Å². The van der Waals surface area contributed by atoms with Crippen LogP contribution in [-0.2, 0) is 20.8 Å². The molecule has 0 aromatic heterocycles. The van der Waals surface area contributed by atoms with Crippen LogP contribution in [0.4, 0.5) is 0 Å². The van der Waals surface area contributed by atoms with Gasteiger partial charge in [-0.05, 0) is 37.0 Å². The molecule has 3 rings (SSSR count). The average molecular weight is 378 g/mol. The van der Waals surface area contributed by atoms with Crippen molar-refractivity contribution in [2.45, 2.75) is 44.1 Å². The van der Waals surface area contributed by atoms with E-state index in [1.165, 1.54) is 0 Å². The SMILES string of the molecule is COc1ccc(CNC(=O)[C@H]2O[C@H](CCN3CCOCC3)CC[C@@H]2O)cc1. The summed E-state index contributed by atoms with van der Waals surface area (Å²) in [5.74, 6) is 0.522. The lowest BCUT2D eigenvalue weighted by Gasteiger charge is -2.34. The molecule has 2 fully saturated rings. The van der Waals surface area contributed by atoms with Crippen molar-refractivity contribution in [1.29, 1.82) is 0 Å². The fraction of sp³-hybridized carbons (Fsp3) is 0.650. The van der Waals surface area contributed by atoms with Crippen LogP contribution >= 0.6 is 0 Å². The summed E-state index contributed by atoms with van der Waals surface area (Å²) < 4.78 is 16.4. The second-order valence-corrected chi connectivity index (χ2v) is 7.13. The normalized spacial score (nSPS) is 26.5. The van der Waals surface area contributed by atoms with Gasteiger partial charge in [0.05, 0.1) is 32.5 Å². The maximum absolute atomic E-state index is 12.5. The van der Waals surface area contributed by atoms with Gasteiger partial charge in [0.1, 0.15) is 5.75 Å². The standard InChI is InChI=1S/C20H30N2O5/c1-25-16-4-2-15(3-5-16)14-21-20(24)19-18(23)7-6-17(27-19)8-9-22-10-12-26-13-11-22/h2-5,17-19,23H,6-14H2,1H3,(H,21,24)/t17-,18-,19-/m0/s1. The molecule has 7 heteroatoms. The highest BCUT2D eigenvalue weighted by Gasteiger charge is 2.35. The summed E-state index contributed by atoms with van der Waals surface area (Å²) in [6.07, 6.45) is 0.706. The highest BCUT2D eigenvalue weighted by molar-refractivity contribution is 5.81. The molecular weight excluding hydrogens is 348 g/mol. The molecule has 2 saturated heterocycles. The summed E-state index contributed by atoms with van der Waals surface area (Å²) in [5.41, 5.74) is 0.971. The molecule has 2 aliphatic heterocycles. The van der Waals surface area contributed by atoms with Crippen LogP contribution in [0.5, 0.6) is 5.75 Å². The molecule has 0 radical (unpaired) electrons. The zero-order valence-electron chi connectivity index (χ0n) is 15.9. The van der Waals surface area contributed by atoms with E-state index in [0.29, 0.717) is 13.0 Å². The van der Waals surface area contributed by atoms with Gasteiger partial charge in [-0.1, -0.05) is 12.1 Å².